The van der Waals surface area contributed by atoms with Gasteiger partial charge >= 0.3 is 0 Å². The van der Waals surface area contributed by atoms with Gasteiger partial charge in [0.2, 0.25) is 0 Å². The van der Waals surface area contributed by atoms with Gasteiger partial charge in [-0.1, -0.05) is 24.3 Å². The van der Waals surface area contributed by atoms with Gasteiger partial charge in [0.05, 0.1) is 24.3 Å². The van der Waals surface area contributed by atoms with Crippen LogP contribution in [-0.4, -0.2) is 37.3 Å². The summed E-state index contributed by atoms with van der Waals surface area (Å²) in [6.45, 7) is 2.35. The number of amides is 2. The minimum Gasteiger partial charge on any atom is -0.494 e. The number of aliphatic imine (C=N–C) groups is 1. The number of ether oxygens (including phenoxy) is 3. The van der Waals surface area contributed by atoms with E-state index >= 15 is 0 Å². The highest BCUT2D eigenvalue weighted by atomic mass is 32.2. The molecule has 0 unspecified atom stereocenters. The van der Waals surface area contributed by atoms with Gasteiger partial charge in [0.15, 0.2) is 23.3 Å². The van der Waals surface area contributed by atoms with Crippen LogP contribution in [0.3, 0.4) is 0 Å². The molecule has 0 saturated carbocycles. The van der Waals surface area contributed by atoms with E-state index in [1.54, 1.807) is 36.4 Å². The van der Waals surface area contributed by atoms with Crippen molar-refractivity contribution >= 4 is 46.2 Å². The summed E-state index contributed by atoms with van der Waals surface area (Å²) in [5, 5.41) is 6.04. The van der Waals surface area contributed by atoms with E-state index in [-0.39, 0.29) is 18.4 Å². The Kier molecular flexibility index (Phi) is 8.25. The summed E-state index contributed by atoms with van der Waals surface area (Å²) in [5.74, 6) is 1.12. The Balaban J connectivity index is 1.40. The zero-order chi connectivity index (χ0) is 25.3. The fraction of sp³-hybridized carbons (Fsp3) is 0.148. The van der Waals surface area contributed by atoms with E-state index in [0.717, 1.165) is 11.3 Å². The Morgan fingerprint density at radius 3 is 2.53 bits per heavy atom. The van der Waals surface area contributed by atoms with Gasteiger partial charge in [-0.3, -0.25) is 9.59 Å². The molecule has 0 bridgehead atoms. The zero-order valence-electron chi connectivity index (χ0n) is 19.8. The Labute approximate surface area is 213 Å². The van der Waals surface area contributed by atoms with Crippen LogP contribution >= 0.6 is 11.8 Å². The van der Waals surface area contributed by atoms with Crippen molar-refractivity contribution in [3.8, 4) is 17.2 Å². The second-order valence-electron chi connectivity index (χ2n) is 7.52. The fourth-order valence-electron chi connectivity index (χ4n) is 3.29. The van der Waals surface area contributed by atoms with E-state index in [4.69, 9.17) is 14.2 Å². The van der Waals surface area contributed by atoms with Crippen LogP contribution in [-0.2, 0) is 9.59 Å². The number of carbonyl (C=O) groups excluding carboxylic acids is 2. The van der Waals surface area contributed by atoms with Crippen LogP contribution in [0.1, 0.15) is 12.5 Å². The zero-order valence-corrected chi connectivity index (χ0v) is 20.6. The average Bonchev–Trinajstić information content (AvgIpc) is 3.23. The number of methoxy groups -OCH3 is 1. The smallest absolute Gasteiger partial charge is 0.264 e. The molecule has 9 heteroatoms. The first-order chi connectivity index (χ1) is 17.5. The van der Waals surface area contributed by atoms with Crippen molar-refractivity contribution in [1.82, 2.24) is 5.32 Å². The summed E-state index contributed by atoms with van der Waals surface area (Å²) < 4.78 is 16.5. The maximum atomic E-state index is 12.5. The third kappa shape index (κ3) is 6.67. The molecule has 2 amide bonds. The SMILES string of the molecule is CCOc1ccc(N=C2NC(=O)/C(=C\c3ccc(OCC(=O)Nc4ccccc4)c(OC)c3)S2)cc1. The van der Waals surface area contributed by atoms with Crippen molar-refractivity contribution in [3.63, 3.8) is 0 Å². The molecule has 0 radical (unpaired) electrons. The van der Waals surface area contributed by atoms with Crippen molar-refractivity contribution in [2.75, 3.05) is 25.6 Å². The van der Waals surface area contributed by atoms with E-state index in [0.29, 0.717) is 39.6 Å². The molecule has 1 aliphatic rings. The molecule has 0 aromatic heterocycles. The number of hydrogen-bond donors (Lipinski definition) is 2. The standard InChI is InChI=1S/C27H25N3O5S/c1-3-34-21-12-10-20(11-13-21)29-27-30-26(32)24(36-27)16-18-9-14-22(23(15-18)33-2)35-17-25(31)28-19-7-5-4-6-8-19/h4-16H,3,17H2,1-2H3,(H,28,31)(H,29,30,32)/b24-16+. The maximum Gasteiger partial charge on any atom is 0.264 e. The molecule has 36 heavy (non-hydrogen) atoms. The van der Waals surface area contributed by atoms with Crippen LogP contribution in [0.4, 0.5) is 11.4 Å². The average molecular weight is 504 g/mol. The molecule has 3 aromatic rings. The number of nitrogens with one attached hydrogen (secondary N) is 2. The molecule has 1 aliphatic heterocycles. The molecule has 3 aromatic carbocycles. The minimum absolute atomic E-state index is 0.171. The molecule has 184 valence electrons. The van der Waals surface area contributed by atoms with Crippen molar-refractivity contribution in [3.05, 3.63) is 83.3 Å². The lowest BCUT2D eigenvalue weighted by Gasteiger charge is -2.11. The van der Waals surface area contributed by atoms with Crippen LogP contribution in [0.15, 0.2) is 82.7 Å². The minimum atomic E-state index is -0.284. The summed E-state index contributed by atoms with van der Waals surface area (Å²) in [7, 11) is 1.52. The van der Waals surface area contributed by atoms with Gasteiger partial charge in [-0.25, -0.2) is 4.99 Å². The Bertz CT molecular complexity index is 1290. The van der Waals surface area contributed by atoms with Gasteiger partial charge in [0, 0.05) is 5.69 Å². The van der Waals surface area contributed by atoms with Gasteiger partial charge < -0.3 is 24.8 Å². The number of hydrogen-bond acceptors (Lipinski definition) is 7. The van der Waals surface area contributed by atoms with Gasteiger partial charge in [-0.2, -0.15) is 0 Å². The first kappa shape index (κ1) is 24.9. The summed E-state index contributed by atoms with van der Waals surface area (Å²) in [5.41, 5.74) is 2.15. The van der Waals surface area contributed by atoms with E-state index in [9.17, 15) is 9.59 Å². The number of nitrogens with zero attached hydrogens (tertiary/aromatic N) is 1. The highest BCUT2D eigenvalue weighted by Crippen LogP contribution is 2.32. The van der Waals surface area contributed by atoms with E-state index < -0.39 is 0 Å². The molecule has 0 atom stereocenters. The maximum absolute atomic E-state index is 12.5. The second-order valence-corrected chi connectivity index (χ2v) is 8.55. The van der Waals surface area contributed by atoms with E-state index in [1.165, 1.54) is 18.9 Å². The molecule has 0 spiro atoms. The Morgan fingerprint density at radius 2 is 1.81 bits per heavy atom. The molecule has 1 fully saturated rings. The van der Waals surface area contributed by atoms with Crippen molar-refractivity contribution in [2.45, 2.75) is 6.92 Å². The number of anilines is 1. The van der Waals surface area contributed by atoms with Crippen LogP contribution in [0, 0.1) is 0 Å². The summed E-state index contributed by atoms with van der Waals surface area (Å²) in [6.07, 6.45) is 1.75. The largest absolute Gasteiger partial charge is 0.494 e. The van der Waals surface area contributed by atoms with Crippen molar-refractivity contribution in [1.29, 1.82) is 0 Å². The lowest BCUT2D eigenvalue weighted by atomic mass is 10.2. The third-order valence-corrected chi connectivity index (χ3v) is 5.84. The number of para-hydroxylation sites is 1. The number of carbonyl (C=O) groups is 2. The highest BCUT2D eigenvalue weighted by molar-refractivity contribution is 8.18. The Morgan fingerprint density at radius 1 is 1.03 bits per heavy atom. The van der Waals surface area contributed by atoms with Gasteiger partial charge in [0.25, 0.3) is 11.8 Å². The topological polar surface area (TPSA) is 98.3 Å². The Hall–Kier alpha value is -4.24. The highest BCUT2D eigenvalue weighted by Gasteiger charge is 2.24. The molecule has 1 heterocycles. The van der Waals surface area contributed by atoms with Gasteiger partial charge in [0.1, 0.15) is 5.75 Å². The molecule has 1 saturated heterocycles. The van der Waals surface area contributed by atoms with E-state index in [2.05, 4.69) is 15.6 Å². The monoisotopic (exact) mass is 503 g/mol. The molecule has 8 nitrogen and oxygen atoms in total. The lowest BCUT2D eigenvalue weighted by Crippen LogP contribution is -2.20. The summed E-state index contributed by atoms with van der Waals surface area (Å²) >= 11 is 1.25. The van der Waals surface area contributed by atoms with Crippen LogP contribution in [0.2, 0.25) is 0 Å². The molecular weight excluding hydrogens is 478 g/mol. The lowest BCUT2D eigenvalue weighted by molar-refractivity contribution is -0.118. The summed E-state index contributed by atoms with van der Waals surface area (Å²) in [6, 6.07) is 21.7. The van der Waals surface area contributed by atoms with Crippen molar-refractivity contribution in [2.24, 2.45) is 4.99 Å². The van der Waals surface area contributed by atoms with E-state index in [1.807, 2.05) is 49.4 Å². The number of amidine groups is 1. The fourth-order valence-corrected chi connectivity index (χ4v) is 4.13. The molecule has 2 N–H and O–H groups in total. The predicted octanol–water partition coefficient (Wildman–Crippen LogP) is 5.00. The number of rotatable bonds is 9. The second kappa shape index (κ2) is 11.9. The first-order valence-electron chi connectivity index (χ1n) is 11.2. The predicted molar refractivity (Wildman–Crippen MR) is 142 cm³/mol. The molecule has 0 aliphatic carbocycles. The molecule has 4 rings (SSSR count). The van der Waals surface area contributed by atoms with Crippen LogP contribution < -0.4 is 24.8 Å². The molecular formula is C27H25N3O5S. The number of thioether (sulfide) groups is 1. The quantitative estimate of drug-likeness (QED) is 0.399. The first-order valence-corrected chi connectivity index (χ1v) is 12.0. The number of benzene rings is 3. The van der Waals surface area contributed by atoms with Crippen molar-refractivity contribution < 1.29 is 23.8 Å². The normalized spacial score (nSPS) is 15.0. The third-order valence-electron chi connectivity index (χ3n) is 4.93. The van der Waals surface area contributed by atoms with Gasteiger partial charge in [-0.15, -0.1) is 0 Å². The summed E-state index contributed by atoms with van der Waals surface area (Å²) in [4.78, 5) is 29.6. The van der Waals surface area contributed by atoms with Gasteiger partial charge in [-0.05, 0) is 78.9 Å². The van der Waals surface area contributed by atoms with Crippen LogP contribution in [0.5, 0.6) is 17.2 Å². The van der Waals surface area contributed by atoms with Crippen LogP contribution in [0.25, 0.3) is 6.08 Å².